The molecule has 104 valence electrons. The van der Waals surface area contributed by atoms with E-state index >= 15 is 0 Å². The van der Waals surface area contributed by atoms with Crippen LogP contribution in [0.1, 0.15) is 22.8 Å². The lowest BCUT2D eigenvalue weighted by atomic mass is 10.2. The number of amides is 1. The number of nitrogens with zero attached hydrogens (tertiary/aromatic N) is 2. The zero-order valence-electron chi connectivity index (χ0n) is 10.5. The Balaban J connectivity index is 1.55. The molecule has 1 saturated carbocycles. The Morgan fingerprint density at radius 3 is 3.10 bits per heavy atom. The van der Waals surface area contributed by atoms with E-state index in [9.17, 15) is 4.79 Å². The number of aromatic nitrogens is 2. The van der Waals surface area contributed by atoms with Gasteiger partial charge >= 0.3 is 0 Å². The fourth-order valence-electron chi connectivity index (χ4n) is 2.14. The van der Waals surface area contributed by atoms with Crippen molar-refractivity contribution in [2.24, 2.45) is 5.92 Å². The van der Waals surface area contributed by atoms with Gasteiger partial charge in [0.1, 0.15) is 12.1 Å². The van der Waals surface area contributed by atoms with Crippen LogP contribution in [0, 0.1) is 5.92 Å². The van der Waals surface area contributed by atoms with Gasteiger partial charge in [-0.25, -0.2) is 9.97 Å². The summed E-state index contributed by atoms with van der Waals surface area (Å²) in [6.07, 6.45) is 3.88. The summed E-state index contributed by atoms with van der Waals surface area (Å²) in [6, 6.07) is 3.87. The van der Waals surface area contributed by atoms with Crippen LogP contribution >= 0.6 is 22.9 Å². The van der Waals surface area contributed by atoms with Crippen molar-refractivity contribution < 1.29 is 4.79 Å². The summed E-state index contributed by atoms with van der Waals surface area (Å²) >= 11 is 7.45. The molecule has 20 heavy (non-hydrogen) atoms. The molecule has 1 aliphatic carbocycles. The van der Waals surface area contributed by atoms with E-state index in [1.807, 2.05) is 12.1 Å². The average Bonchev–Trinajstić information content (AvgIpc) is 3.13. The molecule has 2 atom stereocenters. The second-order valence-electron chi connectivity index (χ2n) is 4.74. The van der Waals surface area contributed by atoms with Crippen LogP contribution < -0.4 is 11.1 Å². The average molecular weight is 309 g/mol. The molecule has 0 aromatic carbocycles. The number of rotatable bonds is 4. The number of thiophene rings is 1. The number of halogens is 1. The fraction of sp³-hybridized carbons (Fsp3) is 0.308. The van der Waals surface area contributed by atoms with Crippen molar-refractivity contribution in [2.45, 2.75) is 18.9 Å². The highest BCUT2D eigenvalue weighted by molar-refractivity contribution is 7.16. The first kappa shape index (κ1) is 13.3. The molecule has 0 aliphatic heterocycles. The Kier molecular flexibility index (Phi) is 3.58. The smallest absolute Gasteiger partial charge is 0.224 e. The van der Waals surface area contributed by atoms with Crippen LogP contribution in [0.15, 0.2) is 24.7 Å². The summed E-state index contributed by atoms with van der Waals surface area (Å²) < 4.78 is 0.764. The maximum atomic E-state index is 12.1. The summed E-state index contributed by atoms with van der Waals surface area (Å²) in [4.78, 5) is 21.0. The van der Waals surface area contributed by atoms with Crippen molar-refractivity contribution in [2.75, 3.05) is 5.73 Å². The second-order valence-corrected chi connectivity index (χ2v) is 6.49. The third-order valence-corrected chi connectivity index (χ3v) is 4.73. The van der Waals surface area contributed by atoms with Crippen molar-refractivity contribution >= 4 is 34.7 Å². The minimum atomic E-state index is 0.0376. The predicted octanol–water partition coefficient (Wildman–Crippen LogP) is 2.19. The lowest BCUT2D eigenvalue weighted by molar-refractivity contribution is -0.122. The van der Waals surface area contributed by atoms with E-state index < -0.39 is 0 Å². The first-order valence-corrected chi connectivity index (χ1v) is 7.42. The molecular weight excluding hydrogens is 296 g/mol. The molecule has 0 spiro atoms. The van der Waals surface area contributed by atoms with E-state index in [0.29, 0.717) is 18.3 Å². The van der Waals surface area contributed by atoms with Crippen molar-refractivity contribution in [1.29, 1.82) is 0 Å². The van der Waals surface area contributed by atoms with Gasteiger partial charge in [-0.05, 0) is 18.6 Å². The molecule has 1 aliphatic rings. The molecule has 2 aromatic rings. The highest BCUT2D eigenvalue weighted by Crippen LogP contribution is 2.50. The number of hydrogen-bond donors (Lipinski definition) is 2. The van der Waals surface area contributed by atoms with Gasteiger partial charge in [-0.2, -0.15) is 0 Å². The molecule has 3 N–H and O–H groups in total. The van der Waals surface area contributed by atoms with Crippen LogP contribution in [0.2, 0.25) is 4.34 Å². The van der Waals surface area contributed by atoms with Crippen molar-refractivity contribution in [3.63, 3.8) is 0 Å². The highest BCUT2D eigenvalue weighted by Gasteiger charge is 2.44. The number of nitrogens with two attached hydrogens (primary N) is 1. The van der Waals surface area contributed by atoms with Gasteiger partial charge in [0.15, 0.2) is 0 Å². The van der Waals surface area contributed by atoms with Crippen LogP contribution in [0.25, 0.3) is 0 Å². The van der Waals surface area contributed by atoms with E-state index in [1.165, 1.54) is 11.2 Å². The predicted molar refractivity (Wildman–Crippen MR) is 78.5 cm³/mol. The van der Waals surface area contributed by atoms with E-state index in [-0.39, 0.29) is 11.8 Å². The molecule has 2 aromatic heterocycles. The molecule has 0 radical (unpaired) electrons. The normalized spacial score (nSPS) is 20.6. The Hall–Kier alpha value is -1.66. The van der Waals surface area contributed by atoms with Crippen molar-refractivity contribution in [3.05, 3.63) is 39.4 Å². The quantitative estimate of drug-likeness (QED) is 0.907. The van der Waals surface area contributed by atoms with Gasteiger partial charge in [-0.15, -0.1) is 11.3 Å². The molecule has 3 rings (SSSR count). The first-order chi connectivity index (χ1) is 9.65. The molecule has 7 heteroatoms. The lowest BCUT2D eigenvalue weighted by Gasteiger charge is -2.06. The largest absolute Gasteiger partial charge is 0.383 e. The molecular formula is C13H13ClN4OS. The van der Waals surface area contributed by atoms with Crippen molar-refractivity contribution in [1.82, 2.24) is 15.3 Å². The van der Waals surface area contributed by atoms with Crippen LogP contribution in [0.4, 0.5) is 5.82 Å². The minimum Gasteiger partial charge on any atom is -0.383 e. The zero-order chi connectivity index (χ0) is 14.1. The monoisotopic (exact) mass is 308 g/mol. The topological polar surface area (TPSA) is 80.9 Å². The van der Waals surface area contributed by atoms with E-state index in [4.69, 9.17) is 17.3 Å². The fourth-order valence-corrected chi connectivity index (χ4v) is 3.38. The lowest BCUT2D eigenvalue weighted by Crippen LogP contribution is -2.25. The van der Waals surface area contributed by atoms with Crippen molar-refractivity contribution in [3.8, 4) is 0 Å². The molecule has 1 amide bonds. The summed E-state index contributed by atoms with van der Waals surface area (Å²) in [5.74, 6) is 0.785. The second kappa shape index (κ2) is 5.38. The first-order valence-electron chi connectivity index (χ1n) is 6.22. The molecule has 2 heterocycles. The third kappa shape index (κ3) is 2.76. The van der Waals surface area contributed by atoms with Gasteiger partial charge in [0.05, 0.1) is 4.34 Å². The molecule has 0 unspecified atom stereocenters. The molecule has 5 nitrogen and oxygen atoms in total. The molecule has 0 saturated heterocycles. The molecule has 0 bridgehead atoms. The number of carbonyl (C=O) groups is 1. The Morgan fingerprint density at radius 2 is 2.40 bits per heavy atom. The van der Waals surface area contributed by atoms with Crippen LogP contribution in [-0.2, 0) is 11.3 Å². The van der Waals surface area contributed by atoms with E-state index in [1.54, 1.807) is 17.5 Å². The van der Waals surface area contributed by atoms with Crippen LogP contribution in [0.3, 0.4) is 0 Å². The summed E-state index contributed by atoms with van der Waals surface area (Å²) in [5, 5.41) is 2.88. The van der Waals surface area contributed by atoms with Gasteiger partial charge in [0.25, 0.3) is 0 Å². The molecule has 1 fully saturated rings. The zero-order valence-corrected chi connectivity index (χ0v) is 12.1. The third-order valence-electron chi connectivity index (χ3n) is 3.36. The van der Waals surface area contributed by atoms with Gasteiger partial charge in [-0.1, -0.05) is 11.6 Å². The maximum absolute atomic E-state index is 12.1. The number of anilines is 1. The number of carbonyl (C=O) groups excluding carboxylic acids is 1. The van der Waals surface area contributed by atoms with E-state index in [2.05, 4.69) is 15.3 Å². The van der Waals surface area contributed by atoms with Gasteiger partial charge in [0, 0.05) is 35.0 Å². The van der Waals surface area contributed by atoms with Crippen LogP contribution in [-0.4, -0.2) is 15.9 Å². The number of nitrogens with one attached hydrogen (secondary N) is 1. The SMILES string of the molecule is Nc1ncncc1CNC(=O)[C@@H]1C[C@H]1c1ccc(Cl)s1. The number of hydrogen-bond acceptors (Lipinski definition) is 5. The number of nitrogen functional groups attached to an aromatic ring is 1. The summed E-state index contributed by atoms with van der Waals surface area (Å²) in [5.41, 5.74) is 6.44. The van der Waals surface area contributed by atoms with Crippen LogP contribution in [0.5, 0.6) is 0 Å². The van der Waals surface area contributed by atoms with Gasteiger partial charge in [-0.3, -0.25) is 4.79 Å². The highest BCUT2D eigenvalue weighted by atomic mass is 35.5. The standard InChI is InChI=1S/C13H13ClN4OS/c14-11-2-1-10(20-11)8-3-9(8)13(19)17-5-7-4-16-6-18-12(7)15/h1-2,4,6,8-9H,3,5H2,(H,17,19)(H2,15,16,18)/t8-,9-/m1/s1. The summed E-state index contributed by atoms with van der Waals surface area (Å²) in [7, 11) is 0. The minimum absolute atomic E-state index is 0.0376. The van der Waals surface area contributed by atoms with E-state index in [0.717, 1.165) is 16.3 Å². The Morgan fingerprint density at radius 1 is 1.55 bits per heavy atom. The Bertz CT molecular complexity index is 645. The summed E-state index contributed by atoms with van der Waals surface area (Å²) in [6.45, 7) is 0.361. The van der Waals surface area contributed by atoms with Gasteiger partial charge in [0.2, 0.25) is 5.91 Å². The van der Waals surface area contributed by atoms with Gasteiger partial charge < -0.3 is 11.1 Å². The Labute approximate surface area is 125 Å². The maximum Gasteiger partial charge on any atom is 0.224 e.